The van der Waals surface area contributed by atoms with E-state index in [-0.39, 0.29) is 18.6 Å². The maximum Gasteiger partial charge on any atom is 0.246 e. The largest absolute Gasteiger partial charge is 0.379 e. The lowest BCUT2D eigenvalue weighted by atomic mass is 9.95. The molecule has 98 valence electrons. The summed E-state index contributed by atoms with van der Waals surface area (Å²) in [6.07, 6.45) is 4.45. The second-order valence-corrected chi connectivity index (χ2v) is 4.46. The summed E-state index contributed by atoms with van der Waals surface area (Å²) in [6, 6.07) is 4.06. The van der Waals surface area contributed by atoms with Crippen LogP contribution in [0.5, 0.6) is 0 Å². The number of methoxy groups -OCH3 is 1. The van der Waals surface area contributed by atoms with Gasteiger partial charge in [0.25, 0.3) is 0 Å². The molecular weight excluding hydrogens is 232 g/mol. The van der Waals surface area contributed by atoms with Crippen molar-refractivity contribution >= 4 is 5.91 Å². The number of carbonyl (C=O) groups is 1. The molecule has 1 amide bonds. The lowest BCUT2D eigenvalue weighted by molar-refractivity contribution is -0.125. The van der Waals surface area contributed by atoms with Gasteiger partial charge in [0.15, 0.2) is 0 Å². The topological polar surface area (TPSA) is 60.5 Å². The number of rotatable bonds is 5. The van der Waals surface area contributed by atoms with Gasteiger partial charge >= 0.3 is 0 Å². The quantitative estimate of drug-likeness (QED) is 0.822. The van der Waals surface area contributed by atoms with Gasteiger partial charge in [-0.3, -0.25) is 9.78 Å². The number of nitrogens with one attached hydrogen (secondary N) is 1. The van der Waals surface area contributed by atoms with Crippen LogP contribution in [0.2, 0.25) is 0 Å². The summed E-state index contributed by atoms with van der Waals surface area (Å²) >= 11 is 0. The van der Waals surface area contributed by atoms with E-state index < -0.39 is 0 Å². The van der Waals surface area contributed by atoms with Crippen LogP contribution in [0.15, 0.2) is 24.5 Å². The summed E-state index contributed by atoms with van der Waals surface area (Å²) in [6.45, 7) is 1.35. The van der Waals surface area contributed by atoms with Crippen molar-refractivity contribution in [1.29, 1.82) is 0 Å². The normalized spacial score (nSPS) is 22.9. The van der Waals surface area contributed by atoms with E-state index in [1.54, 1.807) is 12.4 Å². The van der Waals surface area contributed by atoms with E-state index in [0.29, 0.717) is 19.1 Å². The van der Waals surface area contributed by atoms with Crippen LogP contribution >= 0.6 is 0 Å². The number of hydrogen-bond donors (Lipinski definition) is 1. The van der Waals surface area contributed by atoms with Gasteiger partial charge in [-0.25, -0.2) is 0 Å². The zero-order valence-electron chi connectivity index (χ0n) is 10.5. The lowest BCUT2D eigenvalue weighted by Gasteiger charge is -2.18. The van der Waals surface area contributed by atoms with Crippen molar-refractivity contribution in [2.45, 2.75) is 12.5 Å². The second-order valence-electron chi connectivity index (χ2n) is 4.46. The van der Waals surface area contributed by atoms with Crippen LogP contribution in [-0.2, 0) is 20.7 Å². The Labute approximate surface area is 107 Å². The fraction of sp³-hybridized carbons (Fsp3) is 0.538. The Kier molecular flexibility index (Phi) is 4.66. The Hall–Kier alpha value is -1.46. The van der Waals surface area contributed by atoms with E-state index in [0.717, 1.165) is 6.42 Å². The molecule has 18 heavy (non-hydrogen) atoms. The van der Waals surface area contributed by atoms with Crippen molar-refractivity contribution in [2.75, 3.05) is 26.9 Å². The highest BCUT2D eigenvalue weighted by Gasteiger charge is 2.29. The van der Waals surface area contributed by atoms with Gasteiger partial charge in [-0.1, -0.05) is 0 Å². The van der Waals surface area contributed by atoms with Gasteiger partial charge in [0.2, 0.25) is 5.91 Å². The molecule has 5 heteroatoms. The van der Waals surface area contributed by atoms with Gasteiger partial charge in [-0.05, 0) is 24.1 Å². The third kappa shape index (κ3) is 3.51. The molecule has 1 aliphatic rings. The predicted octanol–water partition coefficient (Wildman–Crippen LogP) is 0.402. The van der Waals surface area contributed by atoms with Gasteiger partial charge in [0.1, 0.15) is 6.61 Å². The number of nitrogens with zero attached hydrogens (tertiary/aromatic N) is 1. The molecule has 0 unspecified atom stereocenters. The van der Waals surface area contributed by atoms with Gasteiger partial charge < -0.3 is 14.8 Å². The van der Waals surface area contributed by atoms with E-state index in [1.165, 1.54) is 12.7 Å². The first-order chi connectivity index (χ1) is 8.79. The van der Waals surface area contributed by atoms with Gasteiger partial charge in [0.05, 0.1) is 19.3 Å². The molecule has 0 bridgehead atoms. The summed E-state index contributed by atoms with van der Waals surface area (Å²) < 4.78 is 10.3. The zero-order chi connectivity index (χ0) is 12.8. The molecule has 0 saturated carbocycles. The zero-order valence-corrected chi connectivity index (χ0v) is 10.5. The van der Waals surface area contributed by atoms with Gasteiger partial charge in [-0.15, -0.1) is 0 Å². The molecular formula is C13H18N2O3. The number of aromatic nitrogens is 1. The summed E-state index contributed by atoms with van der Waals surface area (Å²) in [5, 5.41) is 2.95. The van der Waals surface area contributed by atoms with Crippen LogP contribution < -0.4 is 5.32 Å². The molecule has 0 aromatic carbocycles. The molecule has 1 fully saturated rings. The van der Waals surface area contributed by atoms with Crippen LogP contribution in [-0.4, -0.2) is 43.9 Å². The maximum atomic E-state index is 11.5. The number of hydrogen-bond acceptors (Lipinski definition) is 4. The molecule has 0 spiro atoms. The van der Waals surface area contributed by atoms with Crippen LogP contribution in [0.3, 0.4) is 0 Å². The lowest BCUT2D eigenvalue weighted by Crippen LogP contribution is -2.42. The Balaban J connectivity index is 1.89. The fourth-order valence-electron chi connectivity index (χ4n) is 2.16. The molecule has 1 aromatic heterocycles. The van der Waals surface area contributed by atoms with Crippen molar-refractivity contribution in [1.82, 2.24) is 10.3 Å². The Morgan fingerprint density at radius 1 is 1.50 bits per heavy atom. The van der Waals surface area contributed by atoms with E-state index in [4.69, 9.17) is 9.47 Å². The molecule has 0 radical (unpaired) electrons. The molecule has 1 N–H and O–H groups in total. The molecule has 1 saturated heterocycles. The molecule has 5 nitrogen and oxygen atoms in total. The van der Waals surface area contributed by atoms with Crippen molar-refractivity contribution in [3.63, 3.8) is 0 Å². The van der Waals surface area contributed by atoms with Crippen LogP contribution in [0, 0.1) is 5.92 Å². The van der Waals surface area contributed by atoms with Crippen molar-refractivity contribution in [2.24, 2.45) is 5.92 Å². The van der Waals surface area contributed by atoms with E-state index in [2.05, 4.69) is 10.3 Å². The molecule has 2 atom stereocenters. The van der Waals surface area contributed by atoms with Gasteiger partial charge in [0, 0.05) is 25.4 Å². The highest BCUT2D eigenvalue weighted by atomic mass is 16.5. The Morgan fingerprint density at radius 2 is 2.28 bits per heavy atom. The number of ether oxygens (including phenoxy) is 2. The Morgan fingerprint density at radius 3 is 3.00 bits per heavy atom. The summed E-state index contributed by atoms with van der Waals surface area (Å²) in [4.78, 5) is 15.5. The molecule has 0 aliphatic carbocycles. The first kappa shape index (κ1) is 13.0. The minimum absolute atomic E-state index is 0.0702. The van der Waals surface area contributed by atoms with E-state index in [1.807, 2.05) is 12.1 Å². The third-order valence-corrected chi connectivity index (χ3v) is 3.07. The minimum atomic E-state index is -0.0901. The van der Waals surface area contributed by atoms with Crippen LogP contribution in [0.4, 0.5) is 0 Å². The standard InChI is InChI=1S/C13H18N2O3/c1-17-9-13(16)15-12-8-18-7-11(12)6-10-2-4-14-5-3-10/h2-5,11-12H,6-9H2,1H3,(H,15,16)/t11-,12-/m1/s1. The van der Waals surface area contributed by atoms with Crippen molar-refractivity contribution in [3.05, 3.63) is 30.1 Å². The Bertz CT molecular complexity index is 383. The van der Waals surface area contributed by atoms with E-state index in [9.17, 15) is 4.79 Å². The van der Waals surface area contributed by atoms with Crippen LogP contribution in [0.25, 0.3) is 0 Å². The van der Waals surface area contributed by atoms with Crippen LogP contribution in [0.1, 0.15) is 5.56 Å². The first-order valence-electron chi connectivity index (χ1n) is 6.04. The number of pyridine rings is 1. The average Bonchev–Trinajstić information content (AvgIpc) is 2.78. The third-order valence-electron chi connectivity index (χ3n) is 3.07. The smallest absolute Gasteiger partial charge is 0.246 e. The summed E-state index contributed by atoms with van der Waals surface area (Å²) in [7, 11) is 1.51. The first-order valence-corrected chi connectivity index (χ1v) is 6.04. The predicted molar refractivity (Wildman–Crippen MR) is 66.1 cm³/mol. The minimum Gasteiger partial charge on any atom is -0.379 e. The molecule has 1 aliphatic heterocycles. The van der Waals surface area contributed by atoms with Crippen molar-refractivity contribution in [3.8, 4) is 0 Å². The van der Waals surface area contributed by atoms with E-state index >= 15 is 0 Å². The molecule has 2 rings (SSSR count). The second kappa shape index (κ2) is 6.47. The molecule has 1 aromatic rings. The van der Waals surface area contributed by atoms with Gasteiger partial charge in [-0.2, -0.15) is 0 Å². The SMILES string of the molecule is COCC(=O)N[C@@H]1COC[C@H]1Cc1ccncc1. The van der Waals surface area contributed by atoms with Crippen molar-refractivity contribution < 1.29 is 14.3 Å². The number of amides is 1. The highest BCUT2D eigenvalue weighted by Crippen LogP contribution is 2.18. The average molecular weight is 250 g/mol. The summed E-state index contributed by atoms with van der Waals surface area (Å²) in [5.41, 5.74) is 1.21. The fourth-order valence-corrected chi connectivity index (χ4v) is 2.16. The maximum absolute atomic E-state index is 11.5. The highest BCUT2D eigenvalue weighted by molar-refractivity contribution is 5.77. The molecule has 2 heterocycles. The number of carbonyl (C=O) groups excluding carboxylic acids is 1. The summed E-state index contributed by atoms with van der Waals surface area (Å²) in [5.74, 6) is 0.223. The monoisotopic (exact) mass is 250 g/mol.